The van der Waals surface area contributed by atoms with Crippen LogP contribution in [0.4, 0.5) is 0 Å². The summed E-state index contributed by atoms with van der Waals surface area (Å²) in [6, 6.07) is -0.514. The van der Waals surface area contributed by atoms with Crippen LogP contribution in [0.3, 0.4) is 0 Å². The van der Waals surface area contributed by atoms with Crippen LogP contribution in [0.15, 0.2) is 23.4 Å². The standard InChI is InChI=1S/C17H23ClN3O2S/c18-15(22)14-12(10-24-17-13(19)16(23)20(14)17)2-1-6-21-7-3-11(4-8-21)5-9-21/h1-2,11,13,17H,3-10,19H2/q+1/b2-1+/t11?,13-,17-,21?/m1/s1. The average molecular weight is 369 g/mol. The zero-order valence-electron chi connectivity index (χ0n) is 13.6. The number of rotatable bonds is 4. The normalized spacial score (nSPS) is 38.5. The lowest BCUT2D eigenvalue weighted by Gasteiger charge is -2.49. The molecule has 5 aliphatic heterocycles. The molecule has 130 valence electrons. The van der Waals surface area contributed by atoms with E-state index in [0.29, 0.717) is 11.4 Å². The highest BCUT2D eigenvalue weighted by atomic mass is 35.5. The second-order valence-corrected chi connectivity index (χ2v) is 8.86. The third-order valence-electron chi connectivity index (χ3n) is 6.07. The number of nitrogens with zero attached hydrogens (tertiary/aromatic N) is 2. The van der Waals surface area contributed by atoms with Gasteiger partial charge >= 0.3 is 0 Å². The van der Waals surface area contributed by atoms with Crippen molar-refractivity contribution in [2.75, 3.05) is 31.9 Å². The lowest BCUT2D eigenvalue weighted by molar-refractivity contribution is -0.937. The van der Waals surface area contributed by atoms with Crippen molar-refractivity contribution in [1.29, 1.82) is 0 Å². The second kappa shape index (κ2) is 6.16. The van der Waals surface area contributed by atoms with Gasteiger partial charge in [0.05, 0.1) is 26.2 Å². The highest BCUT2D eigenvalue weighted by Gasteiger charge is 2.51. The van der Waals surface area contributed by atoms with E-state index in [1.807, 2.05) is 6.08 Å². The van der Waals surface area contributed by atoms with Gasteiger partial charge in [-0.3, -0.25) is 14.5 Å². The third kappa shape index (κ3) is 2.64. The smallest absolute Gasteiger partial charge is 0.269 e. The number of piperidine rings is 3. The van der Waals surface area contributed by atoms with Crippen molar-refractivity contribution >= 4 is 34.5 Å². The van der Waals surface area contributed by atoms with Crippen molar-refractivity contribution in [2.24, 2.45) is 11.7 Å². The van der Waals surface area contributed by atoms with E-state index < -0.39 is 11.3 Å². The van der Waals surface area contributed by atoms with E-state index >= 15 is 0 Å². The van der Waals surface area contributed by atoms with Crippen molar-refractivity contribution in [3.63, 3.8) is 0 Å². The fourth-order valence-electron chi connectivity index (χ4n) is 4.48. The van der Waals surface area contributed by atoms with Crippen LogP contribution < -0.4 is 5.73 Å². The van der Waals surface area contributed by atoms with Gasteiger partial charge in [-0.2, -0.15) is 0 Å². The number of hydrogen-bond donors (Lipinski definition) is 1. The summed E-state index contributed by atoms with van der Waals surface area (Å²) in [5, 5.41) is -0.707. The molecule has 0 saturated carbocycles. The molecule has 0 radical (unpaired) electrons. The van der Waals surface area contributed by atoms with Gasteiger partial charge < -0.3 is 10.2 Å². The van der Waals surface area contributed by atoms with Crippen LogP contribution in [0.1, 0.15) is 19.3 Å². The van der Waals surface area contributed by atoms with E-state index in [0.717, 1.165) is 18.0 Å². The van der Waals surface area contributed by atoms with Gasteiger partial charge in [0.1, 0.15) is 17.1 Å². The Bertz CT molecular complexity index is 626. The molecule has 4 fully saturated rings. The number of carbonyl (C=O) groups is 2. The highest BCUT2D eigenvalue weighted by Crippen LogP contribution is 2.40. The molecule has 5 nitrogen and oxygen atoms in total. The molecule has 0 aliphatic carbocycles. The average Bonchev–Trinajstić information content (AvgIpc) is 2.61. The number of hydrogen-bond acceptors (Lipinski definition) is 4. The van der Waals surface area contributed by atoms with Gasteiger partial charge in [0.15, 0.2) is 0 Å². The quantitative estimate of drug-likeness (QED) is 0.463. The van der Waals surface area contributed by atoms with E-state index in [1.165, 1.54) is 48.3 Å². The van der Waals surface area contributed by atoms with Crippen molar-refractivity contribution in [2.45, 2.75) is 30.7 Å². The monoisotopic (exact) mass is 368 g/mol. The maximum Gasteiger partial charge on any atom is 0.269 e. The summed E-state index contributed by atoms with van der Waals surface area (Å²) >= 11 is 7.38. The summed E-state index contributed by atoms with van der Waals surface area (Å²) in [4.78, 5) is 25.3. The van der Waals surface area contributed by atoms with Crippen LogP contribution >= 0.6 is 23.4 Å². The number of nitrogens with two attached hydrogens (primary N) is 1. The van der Waals surface area contributed by atoms with Crippen LogP contribution in [0.25, 0.3) is 0 Å². The molecule has 0 aromatic heterocycles. The maximum atomic E-state index is 12.0. The summed E-state index contributed by atoms with van der Waals surface area (Å²) in [6.07, 6.45) is 8.22. The van der Waals surface area contributed by atoms with Gasteiger partial charge in [0.25, 0.3) is 5.24 Å². The number of quaternary nitrogens is 1. The van der Waals surface area contributed by atoms with Crippen molar-refractivity contribution < 1.29 is 14.1 Å². The first-order valence-electron chi connectivity index (χ1n) is 8.66. The van der Waals surface area contributed by atoms with Crippen LogP contribution in [0.5, 0.6) is 0 Å². The van der Waals surface area contributed by atoms with E-state index in [9.17, 15) is 9.59 Å². The molecule has 2 N–H and O–H groups in total. The molecule has 0 aromatic carbocycles. The van der Waals surface area contributed by atoms with Crippen LogP contribution in [-0.2, 0) is 9.59 Å². The SMILES string of the molecule is N[C@@H]1C(=O)N2C(C(=O)Cl)=C(/C=C/C[N+]34CCC(CC3)CC4)CS[C@H]12. The molecule has 4 saturated heterocycles. The molecule has 24 heavy (non-hydrogen) atoms. The predicted molar refractivity (Wildman–Crippen MR) is 95.2 cm³/mol. The first-order valence-corrected chi connectivity index (χ1v) is 10.1. The summed E-state index contributed by atoms with van der Waals surface area (Å²) in [6.45, 7) is 4.81. The fraction of sp³-hybridized carbons (Fsp3) is 0.647. The number of thioether (sulfide) groups is 1. The first-order chi connectivity index (χ1) is 11.5. The zero-order chi connectivity index (χ0) is 16.9. The fourth-order valence-corrected chi connectivity index (χ4v) is 5.96. The predicted octanol–water partition coefficient (Wildman–Crippen LogP) is 1.43. The van der Waals surface area contributed by atoms with Gasteiger partial charge in [-0.15, -0.1) is 11.8 Å². The molecule has 2 atom stereocenters. The van der Waals surface area contributed by atoms with E-state index in [-0.39, 0.29) is 11.3 Å². The van der Waals surface area contributed by atoms with Crippen LogP contribution in [0.2, 0.25) is 0 Å². The lowest BCUT2D eigenvalue weighted by atomic mass is 9.86. The summed E-state index contributed by atoms with van der Waals surface area (Å²) < 4.78 is 1.17. The van der Waals surface area contributed by atoms with Gasteiger partial charge in [-0.25, -0.2) is 0 Å². The molecule has 2 bridgehead atoms. The zero-order valence-corrected chi connectivity index (χ0v) is 15.2. The number of amides is 1. The summed E-state index contributed by atoms with van der Waals surface area (Å²) in [7, 11) is 0. The Balaban J connectivity index is 1.51. The minimum Gasteiger partial charge on any atom is -0.320 e. The summed E-state index contributed by atoms with van der Waals surface area (Å²) in [5.74, 6) is 1.42. The molecule has 5 rings (SSSR count). The minimum absolute atomic E-state index is 0.143. The second-order valence-electron chi connectivity index (χ2n) is 7.41. The number of β-lactam (4-membered cyclic amide) rings is 1. The topological polar surface area (TPSA) is 63.4 Å². The highest BCUT2D eigenvalue weighted by molar-refractivity contribution is 8.00. The molecule has 7 heteroatoms. The van der Waals surface area contributed by atoms with Crippen molar-refractivity contribution in [3.8, 4) is 0 Å². The number of allylic oxidation sites excluding steroid dienone is 2. The minimum atomic E-state index is -0.564. The Morgan fingerprint density at radius 3 is 2.62 bits per heavy atom. The molecular formula is C17H23ClN3O2S+. The molecule has 0 aromatic rings. The first kappa shape index (κ1) is 16.6. The largest absolute Gasteiger partial charge is 0.320 e. The Labute approximate surface area is 151 Å². The molecular weight excluding hydrogens is 346 g/mol. The van der Waals surface area contributed by atoms with Gasteiger partial charge in [-0.1, -0.05) is 6.08 Å². The van der Waals surface area contributed by atoms with Crippen molar-refractivity contribution in [3.05, 3.63) is 23.4 Å². The molecule has 5 heterocycles. The van der Waals surface area contributed by atoms with Gasteiger partial charge in [-0.05, 0) is 48.4 Å². The Morgan fingerprint density at radius 2 is 2.00 bits per heavy atom. The number of fused-ring (bicyclic) bond motifs is 4. The van der Waals surface area contributed by atoms with E-state index in [2.05, 4.69) is 6.08 Å². The third-order valence-corrected chi connectivity index (χ3v) is 7.57. The van der Waals surface area contributed by atoms with Crippen molar-refractivity contribution in [1.82, 2.24) is 4.90 Å². The molecule has 0 unspecified atom stereocenters. The maximum absolute atomic E-state index is 12.0. The van der Waals surface area contributed by atoms with E-state index in [4.69, 9.17) is 17.3 Å². The molecule has 0 spiro atoms. The lowest BCUT2D eigenvalue weighted by Crippen LogP contribution is -2.68. The van der Waals surface area contributed by atoms with Gasteiger partial charge in [0.2, 0.25) is 5.91 Å². The Kier molecular flexibility index (Phi) is 4.27. The molecule has 5 aliphatic rings. The Morgan fingerprint density at radius 1 is 1.33 bits per heavy atom. The van der Waals surface area contributed by atoms with Crippen LogP contribution in [-0.4, -0.2) is 63.9 Å². The Hall–Kier alpha value is -0.820. The molecule has 1 amide bonds. The van der Waals surface area contributed by atoms with Gasteiger partial charge in [0, 0.05) is 5.75 Å². The number of halogens is 1. The summed E-state index contributed by atoms with van der Waals surface area (Å²) in [5.41, 5.74) is 7.00. The van der Waals surface area contributed by atoms with Crippen LogP contribution in [0, 0.1) is 5.92 Å². The van der Waals surface area contributed by atoms with E-state index in [1.54, 1.807) is 11.8 Å². The number of carbonyl (C=O) groups excluding carboxylic acids is 2.